The second-order valence-electron chi connectivity index (χ2n) is 9.93. The molecule has 0 bridgehead atoms. The molecule has 3 heterocycles. The van der Waals surface area contributed by atoms with E-state index in [1.165, 1.54) is 10.9 Å². The van der Waals surface area contributed by atoms with E-state index in [1.54, 1.807) is 18.2 Å². The van der Waals surface area contributed by atoms with Gasteiger partial charge in [-0.05, 0) is 86.0 Å². The van der Waals surface area contributed by atoms with Gasteiger partial charge in [0.2, 0.25) is 5.91 Å². The van der Waals surface area contributed by atoms with Crippen molar-refractivity contribution in [3.63, 3.8) is 0 Å². The van der Waals surface area contributed by atoms with Gasteiger partial charge in [-0.25, -0.2) is 0 Å². The summed E-state index contributed by atoms with van der Waals surface area (Å²) in [4.78, 5) is 32.4. The van der Waals surface area contributed by atoms with Gasteiger partial charge in [0.25, 0.3) is 0 Å². The predicted molar refractivity (Wildman–Crippen MR) is 143 cm³/mol. The first kappa shape index (κ1) is 24.6. The summed E-state index contributed by atoms with van der Waals surface area (Å²) >= 11 is 6.02. The molecule has 0 spiro atoms. The number of carbonyl (C=O) groups excluding carboxylic acids is 1. The molecule has 0 radical (unpaired) electrons. The third kappa shape index (κ3) is 5.35. The number of piperidine rings is 2. The van der Waals surface area contributed by atoms with Crippen molar-refractivity contribution >= 4 is 40.5 Å². The number of fused-ring (bicyclic) bond motifs is 1. The largest absolute Gasteiger partial charge is 0.480 e. The van der Waals surface area contributed by atoms with E-state index in [2.05, 4.69) is 34.3 Å². The molecule has 6 nitrogen and oxygen atoms in total. The minimum absolute atomic E-state index is 0.0418. The Morgan fingerprint density at radius 3 is 2.47 bits per heavy atom. The van der Waals surface area contributed by atoms with E-state index in [1.807, 2.05) is 29.2 Å². The van der Waals surface area contributed by atoms with Crippen LogP contribution >= 0.6 is 11.6 Å². The number of rotatable bonds is 6. The van der Waals surface area contributed by atoms with Crippen LogP contribution in [0.5, 0.6) is 0 Å². The molecule has 3 aromatic rings. The summed E-state index contributed by atoms with van der Waals surface area (Å²) in [5, 5.41) is 12.0. The van der Waals surface area contributed by atoms with Crippen molar-refractivity contribution in [3.05, 3.63) is 77.0 Å². The molecule has 7 heteroatoms. The molecule has 188 valence electrons. The second-order valence-corrected chi connectivity index (χ2v) is 10.4. The highest BCUT2D eigenvalue weighted by Gasteiger charge is 2.38. The third-order valence-electron chi connectivity index (χ3n) is 7.80. The highest BCUT2D eigenvalue weighted by Crippen LogP contribution is 2.35. The van der Waals surface area contributed by atoms with Crippen LogP contribution in [0.25, 0.3) is 17.0 Å². The van der Waals surface area contributed by atoms with Crippen LogP contribution in [0.2, 0.25) is 5.02 Å². The zero-order valence-electron chi connectivity index (χ0n) is 20.3. The number of nitrogens with one attached hydrogen (secondary N) is 1. The average Bonchev–Trinajstić information content (AvgIpc) is 3.32. The first-order valence-electron chi connectivity index (χ1n) is 12.7. The molecule has 1 amide bonds. The van der Waals surface area contributed by atoms with E-state index >= 15 is 0 Å². The van der Waals surface area contributed by atoms with Gasteiger partial charge in [0, 0.05) is 41.3 Å². The lowest BCUT2D eigenvalue weighted by Gasteiger charge is -2.41. The number of hydrogen-bond acceptors (Lipinski definition) is 3. The first-order chi connectivity index (χ1) is 17.5. The number of aliphatic carboxylic acids is 1. The lowest BCUT2D eigenvalue weighted by molar-refractivity contribution is -0.147. The number of halogens is 1. The van der Waals surface area contributed by atoms with Gasteiger partial charge in [-0.2, -0.15) is 0 Å². The van der Waals surface area contributed by atoms with Gasteiger partial charge in [-0.1, -0.05) is 41.9 Å². The summed E-state index contributed by atoms with van der Waals surface area (Å²) in [6.45, 7) is 2.73. The molecule has 2 aliphatic heterocycles. The summed E-state index contributed by atoms with van der Waals surface area (Å²) in [6.07, 6.45) is 8.79. The topological polar surface area (TPSA) is 76.6 Å². The number of hydrogen-bond donors (Lipinski definition) is 2. The lowest BCUT2D eigenvalue weighted by atomic mass is 9.84. The molecule has 0 aliphatic carbocycles. The van der Waals surface area contributed by atoms with E-state index < -0.39 is 12.0 Å². The average molecular weight is 506 g/mol. The molecule has 0 saturated carbocycles. The molecule has 1 atom stereocenters. The Hall–Kier alpha value is -3.09. The molecule has 1 unspecified atom stereocenters. The Morgan fingerprint density at radius 1 is 1.00 bits per heavy atom. The summed E-state index contributed by atoms with van der Waals surface area (Å²) in [6, 6.07) is 15.2. The van der Waals surface area contributed by atoms with Gasteiger partial charge in [0.05, 0.1) is 0 Å². The van der Waals surface area contributed by atoms with Crippen LogP contribution in [-0.4, -0.2) is 64.0 Å². The van der Waals surface area contributed by atoms with Crippen molar-refractivity contribution in [3.8, 4) is 0 Å². The van der Waals surface area contributed by atoms with Crippen molar-refractivity contribution in [2.24, 2.45) is 5.92 Å². The van der Waals surface area contributed by atoms with Gasteiger partial charge < -0.3 is 15.0 Å². The van der Waals surface area contributed by atoms with Crippen molar-refractivity contribution < 1.29 is 14.7 Å². The van der Waals surface area contributed by atoms with E-state index in [0.29, 0.717) is 36.9 Å². The maximum atomic E-state index is 12.7. The predicted octanol–water partition coefficient (Wildman–Crippen LogP) is 5.41. The summed E-state index contributed by atoms with van der Waals surface area (Å²) < 4.78 is 0. The maximum absolute atomic E-state index is 12.7. The highest BCUT2D eigenvalue weighted by molar-refractivity contribution is 6.30. The van der Waals surface area contributed by atoms with Crippen LogP contribution in [0.15, 0.2) is 60.8 Å². The van der Waals surface area contributed by atoms with Crippen molar-refractivity contribution in [1.82, 2.24) is 14.8 Å². The number of carbonyl (C=O) groups is 2. The summed E-state index contributed by atoms with van der Waals surface area (Å²) in [5.41, 5.74) is 3.38. The van der Waals surface area contributed by atoms with Crippen LogP contribution in [0.3, 0.4) is 0 Å². The Kier molecular flexibility index (Phi) is 7.44. The van der Waals surface area contributed by atoms with Crippen LogP contribution in [0, 0.1) is 5.92 Å². The van der Waals surface area contributed by atoms with Crippen molar-refractivity contribution in [2.75, 3.05) is 26.2 Å². The second kappa shape index (κ2) is 10.9. The molecule has 5 rings (SSSR count). The number of aromatic amines is 1. The fourth-order valence-electron chi connectivity index (χ4n) is 5.90. The number of nitrogens with zero attached hydrogens (tertiary/aromatic N) is 2. The quantitative estimate of drug-likeness (QED) is 0.439. The molecular weight excluding hydrogens is 474 g/mol. The number of para-hydroxylation sites is 1. The monoisotopic (exact) mass is 505 g/mol. The molecule has 36 heavy (non-hydrogen) atoms. The van der Waals surface area contributed by atoms with E-state index in [4.69, 9.17) is 11.6 Å². The Balaban J connectivity index is 1.17. The van der Waals surface area contributed by atoms with Crippen molar-refractivity contribution in [1.29, 1.82) is 0 Å². The fraction of sp³-hybridized carbons (Fsp3) is 0.379. The number of likely N-dealkylation sites (tertiary alicyclic amines) is 2. The Bertz CT molecular complexity index is 1250. The van der Waals surface area contributed by atoms with E-state index in [-0.39, 0.29) is 11.8 Å². The Morgan fingerprint density at radius 2 is 1.75 bits per heavy atom. The number of benzene rings is 2. The normalized spacial score (nSPS) is 19.2. The van der Waals surface area contributed by atoms with Crippen LogP contribution in [0.1, 0.15) is 42.7 Å². The molecule has 2 aliphatic rings. The SMILES string of the molecule is O=C(O)C(C1CCN(C(=O)/C=C/c2cccc(Cl)c2)CC1)N1CCC(c2c[nH]c3ccccc23)CC1. The molecule has 2 fully saturated rings. The summed E-state index contributed by atoms with van der Waals surface area (Å²) in [7, 11) is 0. The number of amides is 1. The van der Waals surface area contributed by atoms with Crippen LogP contribution < -0.4 is 0 Å². The number of carboxylic acids is 1. The van der Waals surface area contributed by atoms with Gasteiger partial charge in [0.15, 0.2) is 0 Å². The van der Waals surface area contributed by atoms with Crippen LogP contribution in [-0.2, 0) is 9.59 Å². The molecule has 2 saturated heterocycles. The molecule has 1 aromatic heterocycles. The van der Waals surface area contributed by atoms with E-state index in [9.17, 15) is 14.7 Å². The zero-order valence-corrected chi connectivity index (χ0v) is 21.0. The number of carboxylic acid groups (broad SMARTS) is 1. The van der Waals surface area contributed by atoms with E-state index in [0.717, 1.165) is 37.0 Å². The smallest absolute Gasteiger partial charge is 0.321 e. The number of aromatic nitrogens is 1. The highest BCUT2D eigenvalue weighted by atomic mass is 35.5. The fourth-order valence-corrected chi connectivity index (χ4v) is 6.09. The summed E-state index contributed by atoms with van der Waals surface area (Å²) in [5.74, 6) is -0.295. The van der Waals surface area contributed by atoms with Gasteiger partial charge >= 0.3 is 5.97 Å². The molecule has 2 N–H and O–H groups in total. The third-order valence-corrected chi connectivity index (χ3v) is 8.04. The van der Waals surface area contributed by atoms with Gasteiger partial charge in [0.1, 0.15) is 6.04 Å². The maximum Gasteiger partial charge on any atom is 0.321 e. The Labute approximate surface area is 216 Å². The first-order valence-corrected chi connectivity index (χ1v) is 13.1. The van der Waals surface area contributed by atoms with Gasteiger partial charge in [-0.15, -0.1) is 0 Å². The standard InChI is InChI=1S/C29H32ClN3O3/c30-23-5-3-4-20(18-23)8-9-27(34)32-14-12-22(13-15-32)28(29(35)36)33-16-10-21(11-17-33)25-19-31-26-7-2-1-6-24(25)26/h1-9,18-19,21-22,28,31H,10-17H2,(H,35,36)/b9-8+. The molecular formula is C29H32ClN3O3. The zero-order chi connectivity index (χ0) is 25.1. The van der Waals surface area contributed by atoms with Crippen molar-refractivity contribution in [2.45, 2.75) is 37.6 Å². The van der Waals surface area contributed by atoms with Crippen LogP contribution in [0.4, 0.5) is 0 Å². The minimum Gasteiger partial charge on any atom is -0.480 e. The van der Waals surface area contributed by atoms with Gasteiger partial charge in [-0.3, -0.25) is 14.5 Å². The molecule has 2 aromatic carbocycles. The lowest BCUT2D eigenvalue weighted by Crippen LogP contribution is -2.52. The minimum atomic E-state index is -0.744. The number of H-pyrrole nitrogens is 1.